The van der Waals surface area contributed by atoms with Crippen LogP contribution in [0.4, 0.5) is 0 Å². The van der Waals surface area contributed by atoms with Crippen LogP contribution in [0.5, 0.6) is 0 Å². The molecule has 0 atom stereocenters. The van der Waals surface area contributed by atoms with Crippen LogP contribution in [-0.2, 0) is 12.6 Å². The first-order chi connectivity index (χ1) is 17.6. The number of aromatic nitrogens is 5. The maximum atomic E-state index is 8.94. The quantitative estimate of drug-likeness (QED) is 0.343. The van der Waals surface area contributed by atoms with Crippen LogP contribution in [0.2, 0.25) is 0 Å². The molecule has 180 valence electrons. The summed E-state index contributed by atoms with van der Waals surface area (Å²) in [6, 6.07) is 14.9. The van der Waals surface area contributed by atoms with Crippen molar-refractivity contribution in [3.8, 4) is 28.7 Å². The van der Waals surface area contributed by atoms with Gasteiger partial charge >= 0.3 is 0 Å². The molecule has 1 saturated carbocycles. The Morgan fingerprint density at radius 2 is 1.81 bits per heavy atom. The number of hydrogen-bond acceptors (Lipinski definition) is 5. The minimum absolute atomic E-state index is 0.221. The van der Waals surface area contributed by atoms with E-state index in [2.05, 4.69) is 74.2 Å². The van der Waals surface area contributed by atoms with Crippen LogP contribution in [0.3, 0.4) is 0 Å². The normalized spacial score (nSPS) is 14.9. The third kappa shape index (κ3) is 3.94. The molecule has 1 N–H and O–H groups in total. The van der Waals surface area contributed by atoms with Crippen molar-refractivity contribution >= 4 is 5.71 Å². The lowest BCUT2D eigenvalue weighted by Crippen LogP contribution is -2.11. The first-order valence-corrected chi connectivity index (χ1v) is 12.4. The van der Waals surface area contributed by atoms with Crippen LogP contribution < -0.4 is 0 Å². The van der Waals surface area contributed by atoms with Crippen LogP contribution in [-0.4, -0.2) is 42.0 Å². The fraction of sp³-hybridized carbons (Fsp3) is 0.310. The predicted octanol–water partition coefficient (Wildman–Crippen LogP) is 4.33. The van der Waals surface area contributed by atoms with E-state index in [0.717, 1.165) is 83.0 Å². The standard InChI is InChI=1S/C29H28N6O/c1-20-32-33-28-29(14-15-29)31-27(22-10-8-21(9-11-22)7-5-3-4-6-16-36)25-17-23(12-13-26(25)35(20)28)24-18-30-34(2)19-24/h8-13,17-19,36H,3-4,6,14-16H2,1-2H3. The second kappa shape index (κ2) is 8.89. The fourth-order valence-electron chi connectivity index (χ4n) is 4.82. The van der Waals surface area contributed by atoms with E-state index in [4.69, 9.17) is 10.1 Å². The number of aliphatic hydroxyl groups is 1. The van der Waals surface area contributed by atoms with Crippen molar-refractivity contribution in [2.45, 2.75) is 44.6 Å². The smallest absolute Gasteiger partial charge is 0.165 e. The minimum Gasteiger partial charge on any atom is -0.396 e. The van der Waals surface area contributed by atoms with Crippen LogP contribution >= 0.6 is 0 Å². The molecule has 4 aromatic rings. The molecule has 1 fully saturated rings. The predicted molar refractivity (Wildman–Crippen MR) is 139 cm³/mol. The Morgan fingerprint density at radius 1 is 1.00 bits per heavy atom. The Kier molecular flexibility index (Phi) is 5.54. The summed E-state index contributed by atoms with van der Waals surface area (Å²) >= 11 is 0. The highest BCUT2D eigenvalue weighted by atomic mass is 16.2. The molecule has 0 unspecified atom stereocenters. The van der Waals surface area contributed by atoms with Gasteiger partial charge in [0.25, 0.3) is 0 Å². The molecule has 1 aliphatic carbocycles. The van der Waals surface area contributed by atoms with Gasteiger partial charge in [0.2, 0.25) is 0 Å². The lowest BCUT2D eigenvalue weighted by Gasteiger charge is -2.14. The minimum atomic E-state index is -0.324. The van der Waals surface area contributed by atoms with Crippen molar-refractivity contribution in [1.82, 2.24) is 24.5 Å². The van der Waals surface area contributed by atoms with E-state index in [1.165, 1.54) is 0 Å². The summed E-state index contributed by atoms with van der Waals surface area (Å²) in [4.78, 5) is 5.36. The maximum absolute atomic E-state index is 8.94. The van der Waals surface area contributed by atoms with Crippen molar-refractivity contribution < 1.29 is 5.11 Å². The van der Waals surface area contributed by atoms with Crippen LogP contribution in [0, 0.1) is 18.8 Å². The summed E-state index contributed by atoms with van der Waals surface area (Å²) in [5.41, 5.74) is 6.97. The SMILES string of the molecule is Cc1nnc2n1-c1ccc(-c3cnn(C)c3)cc1C(c1ccc(C#CCCCCO)cc1)=NC21CC1. The molecule has 6 rings (SSSR count). The molecule has 2 aromatic carbocycles. The first kappa shape index (κ1) is 22.4. The lowest BCUT2D eigenvalue weighted by molar-refractivity contribution is 0.285. The molecule has 1 aliphatic heterocycles. The Morgan fingerprint density at radius 3 is 2.53 bits per heavy atom. The average Bonchev–Trinajstić information content (AvgIpc) is 3.41. The Labute approximate surface area is 210 Å². The summed E-state index contributed by atoms with van der Waals surface area (Å²) < 4.78 is 4.00. The maximum Gasteiger partial charge on any atom is 0.165 e. The van der Waals surface area contributed by atoms with Gasteiger partial charge in [0, 0.05) is 48.5 Å². The van der Waals surface area contributed by atoms with Gasteiger partial charge in [-0.1, -0.05) is 30.0 Å². The summed E-state index contributed by atoms with van der Waals surface area (Å²) in [6.07, 6.45) is 8.36. The van der Waals surface area contributed by atoms with Gasteiger partial charge in [0.15, 0.2) is 5.82 Å². The Hall–Kier alpha value is -4.02. The molecule has 0 radical (unpaired) electrons. The number of hydrogen-bond donors (Lipinski definition) is 1. The molecular weight excluding hydrogens is 448 g/mol. The third-order valence-corrected chi connectivity index (χ3v) is 6.92. The van der Waals surface area contributed by atoms with Crippen molar-refractivity contribution in [3.63, 3.8) is 0 Å². The van der Waals surface area contributed by atoms with Gasteiger partial charge in [-0.25, -0.2) is 0 Å². The molecule has 2 aliphatic rings. The van der Waals surface area contributed by atoms with Gasteiger partial charge in [-0.15, -0.1) is 10.2 Å². The van der Waals surface area contributed by atoms with E-state index in [-0.39, 0.29) is 12.1 Å². The molecule has 3 heterocycles. The molecule has 2 aromatic heterocycles. The second-order valence-corrected chi connectivity index (χ2v) is 9.59. The number of aliphatic imine (C=N–C) groups is 1. The molecule has 0 amide bonds. The summed E-state index contributed by atoms with van der Waals surface area (Å²) in [5, 5.41) is 22.3. The number of nitrogens with zero attached hydrogens (tertiary/aromatic N) is 6. The molecule has 7 nitrogen and oxygen atoms in total. The van der Waals surface area contributed by atoms with Gasteiger partial charge in [-0.2, -0.15) is 5.10 Å². The van der Waals surface area contributed by atoms with E-state index in [1.54, 1.807) is 0 Å². The zero-order valence-electron chi connectivity index (χ0n) is 20.6. The molecule has 0 bridgehead atoms. The van der Waals surface area contributed by atoms with Gasteiger partial charge in [0.05, 0.1) is 17.6 Å². The van der Waals surface area contributed by atoms with E-state index < -0.39 is 0 Å². The van der Waals surface area contributed by atoms with Crippen molar-refractivity contribution in [3.05, 3.63) is 83.2 Å². The third-order valence-electron chi connectivity index (χ3n) is 6.92. The fourth-order valence-corrected chi connectivity index (χ4v) is 4.82. The van der Waals surface area contributed by atoms with Crippen LogP contribution in [0.25, 0.3) is 16.8 Å². The number of unbranched alkanes of at least 4 members (excludes halogenated alkanes) is 2. The monoisotopic (exact) mass is 476 g/mol. The molecule has 1 spiro atoms. The summed E-state index contributed by atoms with van der Waals surface area (Å²) in [6.45, 7) is 2.23. The molecule has 7 heteroatoms. The summed E-state index contributed by atoms with van der Waals surface area (Å²) in [7, 11) is 1.93. The van der Waals surface area contributed by atoms with Gasteiger partial charge in [-0.3, -0.25) is 14.2 Å². The average molecular weight is 477 g/mol. The van der Waals surface area contributed by atoms with E-state index in [9.17, 15) is 0 Å². The van der Waals surface area contributed by atoms with E-state index >= 15 is 0 Å². The van der Waals surface area contributed by atoms with E-state index in [1.807, 2.05) is 31.0 Å². The number of rotatable bonds is 5. The van der Waals surface area contributed by atoms with E-state index in [0.29, 0.717) is 0 Å². The van der Waals surface area contributed by atoms with Crippen LogP contribution in [0.15, 0.2) is 59.9 Å². The first-order valence-electron chi connectivity index (χ1n) is 12.4. The zero-order chi connectivity index (χ0) is 24.7. The number of aliphatic hydroxyl groups excluding tert-OH is 1. The number of benzene rings is 2. The molecular formula is C29H28N6O. The van der Waals surface area contributed by atoms with Crippen molar-refractivity contribution in [2.75, 3.05) is 6.61 Å². The lowest BCUT2D eigenvalue weighted by atomic mass is 9.96. The van der Waals surface area contributed by atoms with Gasteiger partial charge < -0.3 is 5.11 Å². The Balaban J connectivity index is 1.45. The van der Waals surface area contributed by atoms with Gasteiger partial charge in [0.1, 0.15) is 11.4 Å². The topological polar surface area (TPSA) is 81.1 Å². The Bertz CT molecular complexity index is 1530. The largest absolute Gasteiger partial charge is 0.396 e. The van der Waals surface area contributed by atoms with Gasteiger partial charge in [-0.05, 0) is 62.4 Å². The number of fused-ring (bicyclic) bond motifs is 4. The molecule has 36 heavy (non-hydrogen) atoms. The number of aryl methyl sites for hydroxylation is 2. The summed E-state index contributed by atoms with van der Waals surface area (Å²) in [5.74, 6) is 8.25. The highest BCUT2D eigenvalue weighted by Crippen LogP contribution is 2.51. The second-order valence-electron chi connectivity index (χ2n) is 9.59. The molecule has 0 saturated heterocycles. The van der Waals surface area contributed by atoms with Crippen molar-refractivity contribution in [2.24, 2.45) is 12.0 Å². The highest BCUT2D eigenvalue weighted by molar-refractivity contribution is 6.16. The van der Waals surface area contributed by atoms with Crippen molar-refractivity contribution in [1.29, 1.82) is 0 Å². The highest BCUT2D eigenvalue weighted by Gasteiger charge is 2.51. The zero-order valence-corrected chi connectivity index (χ0v) is 20.6. The van der Waals surface area contributed by atoms with Crippen LogP contribution in [0.1, 0.15) is 60.4 Å².